The molecular formula is C24H36IN5O. The van der Waals surface area contributed by atoms with E-state index in [1.165, 1.54) is 5.56 Å². The van der Waals surface area contributed by atoms with Gasteiger partial charge >= 0.3 is 0 Å². The van der Waals surface area contributed by atoms with E-state index in [0.717, 1.165) is 55.7 Å². The number of ether oxygens (including phenoxy) is 1. The van der Waals surface area contributed by atoms with Gasteiger partial charge in [0.25, 0.3) is 0 Å². The fourth-order valence-electron chi connectivity index (χ4n) is 3.58. The Morgan fingerprint density at radius 3 is 2.52 bits per heavy atom. The summed E-state index contributed by atoms with van der Waals surface area (Å²) in [5.74, 6) is 2.83. The zero-order valence-electron chi connectivity index (χ0n) is 19.1. The molecule has 1 saturated heterocycles. The van der Waals surface area contributed by atoms with Gasteiger partial charge < -0.3 is 20.3 Å². The largest absolute Gasteiger partial charge is 0.489 e. The molecule has 170 valence electrons. The average molecular weight is 537 g/mol. The maximum Gasteiger partial charge on any atom is 0.191 e. The predicted octanol–water partition coefficient (Wildman–Crippen LogP) is 4.31. The molecule has 2 heterocycles. The molecule has 1 aromatic heterocycles. The van der Waals surface area contributed by atoms with E-state index in [1.54, 1.807) is 0 Å². The standard InChI is InChI=1S/C24H35N5O.HI/c1-5-25-24(26-17-20(4)30-22-11-9-18(2)10-12-22)28-21-13-15-29(16-14-21)23-8-6-7-19(3)27-23;/h6-12,20-21H,5,13-17H2,1-4H3,(H2,25,26,28);1H. The number of anilines is 1. The van der Waals surface area contributed by atoms with E-state index in [2.05, 4.69) is 65.6 Å². The molecule has 1 fully saturated rings. The second-order valence-electron chi connectivity index (χ2n) is 8.00. The Balaban J connectivity index is 0.00000341. The number of halogens is 1. The van der Waals surface area contributed by atoms with Gasteiger partial charge in [0.1, 0.15) is 17.7 Å². The van der Waals surface area contributed by atoms with Crippen LogP contribution < -0.4 is 20.3 Å². The van der Waals surface area contributed by atoms with Crippen molar-refractivity contribution < 1.29 is 4.74 Å². The van der Waals surface area contributed by atoms with Crippen LogP contribution in [0, 0.1) is 13.8 Å². The molecule has 3 rings (SSSR count). The number of benzene rings is 1. The number of guanidine groups is 1. The number of aromatic nitrogens is 1. The van der Waals surface area contributed by atoms with Gasteiger partial charge in [-0.05, 0) is 64.8 Å². The van der Waals surface area contributed by atoms with Crippen LogP contribution in [0.3, 0.4) is 0 Å². The molecule has 7 heteroatoms. The van der Waals surface area contributed by atoms with Gasteiger partial charge in [-0.25, -0.2) is 9.98 Å². The van der Waals surface area contributed by atoms with E-state index < -0.39 is 0 Å². The van der Waals surface area contributed by atoms with Crippen molar-refractivity contribution in [3.05, 3.63) is 53.7 Å². The molecular weight excluding hydrogens is 501 g/mol. The fourth-order valence-corrected chi connectivity index (χ4v) is 3.58. The number of aryl methyl sites for hydroxylation is 2. The van der Waals surface area contributed by atoms with Crippen LogP contribution >= 0.6 is 24.0 Å². The van der Waals surface area contributed by atoms with Crippen LogP contribution in [0.5, 0.6) is 5.75 Å². The van der Waals surface area contributed by atoms with Gasteiger partial charge in [-0.15, -0.1) is 24.0 Å². The Kier molecular flexibility index (Phi) is 10.4. The second-order valence-corrected chi connectivity index (χ2v) is 8.00. The van der Waals surface area contributed by atoms with Crippen molar-refractivity contribution in [3.8, 4) is 5.75 Å². The summed E-state index contributed by atoms with van der Waals surface area (Å²) in [6.45, 7) is 11.7. The molecule has 31 heavy (non-hydrogen) atoms. The van der Waals surface area contributed by atoms with Crippen molar-refractivity contribution in [3.63, 3.8) is 0 Å². The van der Waals surface area contributed by atoms with Gasteiger partial charge in [-0.1, -0.05) is 23.8 Å². The lowest BCUT2D eigenvalue weighted by atomic mass is 10.1. The first-order chi connectivity index (χ1) is 14.5. The van der Waals surface area contributed by atoms with Crippen molar-refractivity contribution in [2.24, 2.45) is 4.99 Å². The summed E-state index contributed by atoms with van der Waals surface area (Å²) >= 11 is 0. The SMILES string of the molecule is CCNC(=NCC(C)Oc1ccc(C)cc1)NC1CCN(c2cccc(C)n2)CC1.I. The topological polar surface area (TPSA) is 61.8 Å². The zero-order valence-corrected chi connectivity index (χ0v) is 21.4. The van der Waals surface area contributed by atoms with Crippen LogP contribution in [0.25, 0.3) is 0 Å². The third-order valence-electron chi connectivity index (χ3n) is 5.24. The number of pyridine rings is 1. The van der Waals surface area contributed by atoms with Crippen molar-refractivity contribution in [1.82, 2.24) is 15.6 Å². The Labute approximate surface area is 203 Å². The fraction of sp³-hybridized carbons (Fsp3) is 0.500. The van der Waals surface area contributed by atoms with Crippen molar-refractivity contribution in [2.45, 2.75) is 52.7 Å². The van der Waals surface area contributed by atoms with E-state index in [0.29, 0.717) is 12.6 Å². The first-order valence-electron chi connectivity index (χ1n) is 11.0. The van der Waals surface area contributed by atoms with E-state index in [-0.39, 0.29) is 30.1 Å². The molecule has 1 atom stereocenters. The molecule has 6 nitrogen and oxygen atoms in total. The summed E-state index contributed by atoms with van der Waals surface area (Å²) in [7, 11) is 0. The molecule has 0 spiro atoms. The minimum atomic E-state index is 0. The van der Waals surface area contributed by atoms with Crippen molar-refractivity contribution >= 4 is 35.8 Å². The number of hydrogen-bond donors (Lipinski definition) is 2. The van der Waals surface area contributed by atoms with Crippen LogP contribution in [0.2, 0.25) is 0 Å². The predicted molar refractivity (Wildman–Crippen MR) is 140 cm³/mol. The van der Waals surface area contributed by atoms with E-state index in [9.17, 15) is 0 Å². The van der Waals surface area contributed by atoms with Gasteiger partial charge in [0.05, 0.1) is 6.54 Å². The third-order valence-corrected chi connectivity index (χ3v) is 5.24. The summed E-state index contributed by atoms with van der Waals surface area (Å²) in [6.07, 6.45) is 2.14. The summed E-state index contributed by atoms with van der Waals surface area (Å²) in [5, 5.41) is 6.97. The smallest absolute Gasteiger partial charge is 0.191 e. The molecule has 0 bridgehead atoms. The first-order valence-corrected chi connectivity index (χ1v) is 11.0. The molecule has 2 aromatic rings. The molecule has 0 amide bonds. The zero-order chi connectivity index (χ0) is 21.3. The summed E-state index contributed by atoms with van der Waals surface area (Å²) in [4.78, 5) is 11.8. The lowest BCUT2D eigenvalue weighted by Crippen LogP contribution is -2.49. The number of nitrogens with zero attached hydrogens (tertiary/aromatic N) is 3. The number of aliphatic imine (C=N–C) groups is 1. The highest BCUT2D eigenvalue weighted by molar-refractivity contribution is 14.0. The minimum Gasteiger partial charge on any atom is -0.489 e. The maximum absolute atomic E-state index is 5.98. The monoisotopic (exact) mass is 537 g/mol. The molecule has 1 aliphatic rings. The Bertz CT molecular complexity index is 819. The maximum atomic E-state index is 5.98. The molecule has 1 aromatic carbocycles. The highest BCUT2D eigenvalue weighted by atomic mass is 127. The quantitative estimate of drug-likeness (QED) is 0.313. The highest BCUT2D eigenvalue weighted by Gasteiger charge is 2.21. The van der Waals surface area contributed by atoms with Gasteiger partial charge in [-0.2, -0.15) is 0 Å². The van der Waals surface area contributed by atoms with Gasteiger partial charge in [0.2, 0.25) is 0 Å². The highest BCUT2D eigenvalue weighted by Crippen LogP contribution is 2.18. The second kappa shape index (κ2) is 12.7. The van der Waals surface area contributed by atoms with Crippen LogP contribution in [-0.2, 0) is 0 Å². The molecule has 1 aliphatic heterocycles. The normalized spacial score (nSPS) is 15.7. The van der Waals surface area contributed by atoms with Gasteiger partial charge in [0.15, 0.2) is 5.96 Å². The number of piperidine rings is 1. The first kappa shape index (κ1) is 25.2. The average Bonchev–Trinajstić information content (AvgIpc) is 2.74. The Hall–Kier alpha value is -2.03. The lowest BCUT2D eigenvalue weighted by molar-refractivity contribution is 0.230. The van der Waals surface area contributed by atoms with Crippen LogP contribution in [0.1, 0.15) is 37.9 Å². The van der Waals surface area contributed by atoms with E-state index >= 15 is 0 Å². The third kappa shape index (κ3) is 8.20. The Morgan fingerprint density at radius 1 is 1.16 bits per heavy atom. The molecule has 0 aliphatic carbocycles. The summed E-state index contributed by atoms with van der Waals surface area (Å²) in [5.41, 5.74) is 2.30. The summed E-state index contributed by atoms with van der Waals surface area (Å²) in [6, 6.07) is 14.8. The van der Waals surface area contributed by atoms with Gasteiger partial charge in [0, 0.05) is 31.4 Å². The molecule has 0 radical (unpaired) electrons. The molecule has 1 unspecified atom stereocenters. The van der Waals surface area contributed by atoms with Crippen molar-refractivity contribution in [1.29, 1.82) is 0 Å². The summed E-state index contributed by atoms with van der Waals surface area (Å²) < 4.78 is 5.98. The number of rotatable bonds is 7. The molecule has 2 N–H and O–H groups in total. The van der Waals surface area contributed by atoms with Gasteiger partial charge in [-0.3, -0.25) is 0 Å². The molecule has 0 saturated carbocycles. The van der Waals surface area contributed by atoms with Crippen LogP contribution in [0.15, 0.2) is 47.5 Å². The minimum absolute atomic E-state index is 0. The number of nitrogens with one attached hydrogen (secondary N) is 2. The van der Waals surface area contributed by atoms with Crippen molar-refractivity contribution in [2.75, 3.05) is 31.1 Å². The Morgan fingerprint density at radius 2 is 1.87 bits per heavy atom. The van der Waals surface area contributed by atoms with E-state index in [1.807, 2.05) is 25.1 Å². The lowest BCUT2D eigenvalue weighted by Gasteiger charge is -2.34. The van der Waals surface area contributed by atoms with E-state index in [4.69, 9.17) is 9.73 Å². The number of hydrogen-bond acceptors (Lipinski definition) is 4. The van der Waals surface area contributed by atoms with Crippen LogP contribution in [-0.4, -0.2) is 49.3 Å². The van der Waals surface area contributed by atoms with Crippen LogP contribution in [0.4, 0.5) is 5.82 Å².